The van der Waals surface area contributed by atoms with Gasteiger partial charge in [0, 0.05) is 32.6 Å². The number of piperazine rings is 1. The van der Waals surface area contributed by atoms with Crippen molar-refractivity contribution in [3.05, 3.63) is 35.0 Å². The number of thioether (sulfide) groups is 1. The second kappa shape index (κ2) is 9.85. The maximum Gasteiger partial charge on any atom is 0.358 e. The number of nitrogens with two attached hydrogens (primary N) is 1. The molecule has 3 rings (SSSR count). The maximum atomic E-state index is 12.6. The summed E-state index contributed by atoms with van der Waals surface area (Å²) in [6, 6.07) is 7.57. The Bertz CT molecular complexity index is 855. The Morgan fingerprint density at radius 1 is 1.33 bits per heavy atom. The number of halogens is 1. The first-order valence-electron chi connectivity index (χ1n) is 9.60. The van der Waals surface area contributed by atoms with Gasteiger partial charge < -0.3 is 20.1 Å². The number of allylic oxidation sites excluding steroid dienone is 1. The van der Waals surface area contributed by atoms with Gasteiger partial charge >= 0.3 is 5.97 Å². The van der Waals surface area contributed by atoms with E-state index in [0.717, 1.165) is 11.4 Å². The molecule has 162 valence electrons. The summed E-state index contributed by atoms with van der Waals surface area (Å²) in [5.74, 6) is 0.394. The lowest BCUT2D eigenvalue weighted by atomic mass is 10.1. The fourth-order valence-electron chi connectivity index (χ4n) is 3.50. The van der Waals surface area contributed by atoms with Crippen LogP contribution in [-0.4, -0.2) is 72.7 Å². The number of para-hydroxylation sites is 1. The van der Waals surface area contributed by atoms with Crippen molar-refractivity contribution in [1.29, 1.82) is 0 Å². The van der Waals surface area contributed by atoms with Crippen LogP contribution in [0.5, 0.6) is 0 Å². The smallest absolute Gasteiger partial charge is 0.358 e. The highest BCUT2D eigenvalue weighted by molar-refractivity contribution is 7.98. The molecule has 2 aliphatic heterocycles. The maximum absolute atomic E-state index is 12.6. The molecule has 2 aliphatic rings. The van der Waals surface area contributed by atoms with Gasteiger partial charge in [-0.05, 0) is 30.6 Å². The predicted octanol–water partition coefficient (Wildman–Crippen LogP) is 1.44. The van der Waals surface area contributed by atoms with E-state index in [1.54, 1.807) is 17.7 Å². The van der Waals surface area contributed by atoms with Crippen molar-refractivity contribution in [1.82, 2.24) is 4.90 Å². The van der Waals surface area contributed by atoms with Gasteiger partial charge in [0.15, 0.2) is 17.9 Å². The van der Waals surface area contributed by atoms with Gasteiger partial charge in [-0.2, -0.15) is 11.8 Å². The van der Waals surface area contributed by atoms with Crippen molar-refractivity contribution in [2.45, 2.75) is 24.7 Å². The van der Waals surface area contributed by atoms with E-state index in [1.807, 2.05) is 35.4 Å². The summed E-state index contributed by atoms with van der Waals surface area (Å²) in [5, 5.41) is 0.665. The SMILES string of the molecule is CSCCCC(=C=O)OC(=O)C1(C(N)=O)OC1N1CCN(c2ccccc2Cl)CC1. The lowest BCUT2D eigenvalue weighted by molar-refractivity contribution is -0.150. The Morgan fingerprint density at radius 2 is 2.03 bits per heavy atom. The average Bonchev–Trinajstić information content (AvgIpc) is 3.51. The fourth-order valence-corrected chi connectivity index (χ4v) is 4.18. The van der Waals surface area contributed by atoms with Crippen LogP contribution in [0.4, 0.5) is 5.69 Å². The molecule has 2 unspecified atom stereocenters. The first-order valence-corrected chi connectivity index (χ1v) is 11.4. The normalized spacial score (nSPS) is 23.5. The van der Waals surface area contributed by atoms with Crippen LogP contribution in [0.1, 0.15) is 12.8 Å². The molecule has 0 aromatic heterocycles. The predicted molar refractivity (Wildman–Crippen MR) is 115 cm³/mol. The van der Waals surface area contributed by atoms with Crippen LogP contribution in [0.25, 0.3) is 0 Å². The van der Waals surface area contributed by atoms with Crippen LogP contribution < -0.4 is 10.6 Å². The van der Waals surface area contributed by atoms with Gasteiger partial charge in [0.05, 0.1) is 10.7 Å². The van der Waals surface area contributed by atoms with Gasteiger partial charge in [0.2, 0.25) is 0 Å². The lowest BCUT2D eigenvalue weighted by Crippen LogP contribution is -2.52. The molecule has 2 saturated heterocycles. The molecule has 0 bridgehead atoms. The Morgan fingerprint density at radius 3 is 2.63 bits per heavy atom. The number of anilines is 1. The van der Waals surface area contributed by atoms with Crippen LogP contribution in [0.2, 0.25) is 5.02 Å². The zero-order valence-electron chi connectivity index (χ0n) is 16.6. The molecular weight excluding hydrogens is 430 g/mol. The second-order valence-electron chi connectivity index (χ2n) is 7.06. The van der Waals surface area contributed by atoms with Crippen LogP contribution in [0.15, 0.2) is 30.0 Å². The van der Waals surface area contributed by atoms with E-state index >= 15 is 0 Å². The molecule has 0 radical (unpaired) electrons. The second-order valence-corrected chi connectivity index (χ2v) is 8.45. The largest absolute Gasteiger partial charge is 0.416 e. The number of carbonyl (C=O) groups excluding carboxylic acids is 3. The monoisotopic (exact) mass is 453 g/mol. The van der Waals surface area contributed by atoms with E-state index in [0.29, 0.717) is 37.6 Å². The average molecular weight is 454 g/mol. The van der Waals surface area contributed by atoms with Gasteiger partial charge in [0.1, 0.15) is 0 Å². The Hall–Kier alpha value is -2.03. The molecule has 1 aromatic carbocycles. The van der Waals surface area contributed by atoms with Crippen LogP contribution in [0.3, 0.4) is 0 Å². The van der Waals surface area contributed by atoms with Gasteiger partial charge in [-0.3, -0.25) is 9.69 Å². The Kier molecular flexibility index (Phi) is 7.44. The zero-order chi connectivity index (χ0) is 21.7. The van der Waals surface area contributed by atoms with Crippen LogP contribution in [-0.2, 0) is 23.9 Å². The van der Waals surface area contributed by atoms with E-state index in [-0.39, 0.29) is 12.2 Å². The number of amides is 1. The van der Waals surface area contributed by atoms with Crippen LogP contribution in [0, 0.1) is 0 Å². The standard InChI is InChI=1S/C20H24ClN3O5S/c1-30-12-4-5-14(13-25)28-19(27)20(17(22)26)18(29-20)24-10-8-23(9-11-24)16-7-3-2-6-15(16)21/h2-3,6-7,18H,4-5,8-12H2,1H3,(H2,22,26). The highest BCUT2D eigenvalue weighted by Gasteiger charge is 2.71. The minimum Gasteiger partial charge on any atom is -0.416 e. The van der Waals surface area contributed by atoms with Crippen molar-refractivity contribution in [2.24, 2.45) is 5.73 Å². The molecule has 1 amide bonds. The van der Waals surface area contributed by atoms with E-state index in [2.05, 4.69) is 4.90 Å². The number of nitrogens with zero attached hydrogens (tertiary/aromatic N) is 2. The van der Waals surface area contributed by atoms with Gasteiger partial charge in [0.25, 0.3) is 11.5 Å². The number of hydrogen-bond donors (Lipinski definition) is 1. The van der Waals surface area contributed by atoms with Gasteiger partial charge in [-0.25, -0.2) is 9.59 Å². The quantitative estimate of drug-likeness (QED) is 0.149. The summed E-state index contributed by atoms with van der Waals surface area (Å²) in [7, 11) is 0. The first kappa shape index (κ1) is 22.7. The number of benzene rings is 1. The molecule has 30 heavy (non-hydrogen) atoms. The van der Waals surface area contributed by atoms with Crippen molar-refractivity contribution >= 4 is 46.9 Å². The Balaban J connectivity index is 1.61. The molecule has 8 nitrogen and oxygen atoms in total. The minimum absolute atomic E-state index is 0.146. The summed E-state index contributed by atoms with van der Waals surface area (Å²) >= 11 is 7.88. The third-order valence-electron chi connectivity index (χ3n) is 5.18. The molecule has 2 N–H and O–H groups in total. The summed E-state index contributed by atoms with van der Waals surface area (Å²) in [4.78, 5) is 39.8. The third kappa shape index (κ3) is 4.66. The van der Waals surface area contributed by atoms with Gasteiger partial charge in [-0.1, -0.05) is 23.7 Å². The number of carbonyl (C=O) groups is 2. The summed E-state index contributed by atoms with van der Waals surface area (Å²) in [5.41, 5.74) is 4.52. The van der Waals surface area contributed by atoms with Crippen molar-refractivity contribution in [2.75, 3.05) is 43.1 Å². The third-order valence-corrected chi connectivity index (χ3v) is 6.19. The van der Waals surface area contributed by atoms with Gasteiger partial charge in [-0.15, -0.1) is 0 Å². The number of rotatable bonds is 9. The molecule has 0 saturated carbocycles. The fraction of sp³-hybridized carbons (Fsp3) is 0.500. The number of primary amides is 1. The molecule has 2 atom stereocenters. The number of hydrogen-bond acceptors (Lipinski definition) is 8. The topological polar surface area (TPSA) is 105 Å². The van der Waals surface area contributed by atoms with E-state index in [9.17, 15) is 14.4 Å². The number of epoxide rings is 1. The van der Waals surface area contributed by atoms with Crippen LogP contribution >= 0.6 is 23.4 Å². The molecule has 0 spiro atoms. The summed E-state index contributed by atoms with van der Waals surface area (Å²) in [6.45, 7) is 2.37. The molecule has 0 aliphatic carbocycles. The Labute approximate surface area is 184 Å². The number of esters is 1. The van der Waals surface area contributed by atoms with E-state index in [1.165, 1.54) is 0 Å². The summed E-state index contributed by atoms with van der Waals surface area (Å²) < 4.78 is 10.6. The zero-order valence-corrected chi connectivity index (χ0v) is 18.2. The molecule has 1 aromatic rings. The molecular formula is C20H24ClN3O5S. The van der Waals surface area contributed by atoms with Crippen molar-refractivity contribution in [3.63, 3.8) is 0 Å². The highest BCUT2D eigenvalue weighted by atomic mass is 35.5. The lowest BCUT2D eigenvalue weighted by Gasteiger charge is -2.36. The van der Waals surface area contributed by atoms with Crippen molar-refractivity contribution < 1.29 is 23.9 Å². The van der Waals surface area contributed by atoms with E-state index in [4.69, 9.17) is 26.8 Å². The van der Waals surface area contributed by atoms with Crippen molar-refractivity contribution in [3.8, 4) is 0 Å². The first-order chi connectivity index (χ1) is 14.4. The van der Waals surface area contributed by atoms with E-state index < -0.39 is 23.7 Å². The minimum atomic E-state index is -1.89. The molecule has 2 heterocycles. The summed E-state index contributed by atoms with van der Waals surface area (Å²) in [6.07, 6.45) is 2.03. The molecule has 10 heteroatoms. The highest BCUT2D eigenvalue weighted by Crippen LogP contribution is 2.41. The number of ether oxygens (including phenoxy) is 2. The molecule has 2 fully saturated rings.